The monoisotopic (exact) mass is 404 g/mol. The Labute approximate surface area is 161 Å². The highest BCUT2D eigenvalue weighted by molar-refractivity contribution is 7.89. The highest BCUT2D eigenvalue weighted by Gasteiger charge is 2.24. The summed E-state index contributed by atoms with van der Waals surface area (Å²) >= 11 is 1.02. The van der Waals surface area contributed by atoms with Crippen LogP contribution in [0.5, 0.6) is 0 Å². The van der Waals surface area contributed by atoms with Gasteiger partial charge in [-0.1, -0.05) is 36.4 Å². The molecule has 1 N–H and O–H groups in total. The summed E-state index contributed by atoms with van der Waals surface area (Å²) < 4.78 is 39.9. The summed E-state index contributed by atoms with van der Waals surface area (Å²) in [5.74, 6) is -0.956. The third-order valence-corrected chi connectivity index (χ3v) is 6.70. The van der Waals surface area contributed by atoms with E-state index in [-0.39, 0.29) is 16.3 Å². The Morgan fingerprint density at radius 1 is 1.11 bits per heavy atom. The van der Waals surface area contributed by atoms with Crippen molar-refractivity contribution in [1.29, 1.82) is 0 Å². The summed E-state index contributed by atoms with van der Waals surface area (Å²) in [6.45, 7) is 0.226. The molecule has 5 nitrogen and oxygen atoms in total. The zero-order valence-corrected chi connectivity index (χ0v) is 16.1. The van der Waals surface area contributed by atoms with Gasteiger partial charge >= 0.3 is 0 Å². The van der Waals surface area contributed by atoms with Gasteiger partial charge in [-0.25, -0.2) is 12.8 Å². The molecule has 0 unspecified atom stereocenters. The van der Waals surface area contributed by atoms with E-state index in [2.05, 4.69) is 5.32 Å². The van der Waals surface area contributed by atoms with E-state index in [9.17, 15) is 17.6 Å². The van der Waals surface area contributed by atoms with Gasteiger partial charge in [0.15, 0.2) is 0 Å². The van der Waals surface area contributed by atoms with E-state index < -0.39 is 21.7 Å². The van der Waals surface area contributed by atoms with E-state index >= 15 is 0 Å². The van der Waals surface area contributed by atoms with Gasteiger partial charge in [-0.3, -0.25) is 4.79 Å². The van der Waals surface area contributed by atoms with Gasteiger partial charge in [-0.2, -0.15) is 4.31 Å². The molecule has 0 spiro atoms. The molecule has 1 amide bonds. The normalized spacial score (nSPS) is 11.5. The topological polar surface area (TPSA) is 66.5 Å². The number of rotatable bonds is 6. The Morgan fingerprint density at radius 2 is 1.85 bits per heavy atom. The molecule has 3 rings (SSSR count). The van der Waals surface area contributed by atoms with E-state index in [4.69, 9.17) is 0 Å². The minimum Gasteiger partial charge on any atom is -0.321 e. The van der Waals surface area contributed by atoms with Crippen molar-refractivity contribution in [3.8, 4) is 0 Å². The summed E-state index contributed by atoms with van der Waals surface area (Å²) in [6.07, 6.45) is 0. The average molecular weight is 404 g/mol. The molecule has 0 atom stereocenters. The van der Waals surface area contributed by atoms with Gasteiger partial charge in [0.1, 0.15) is 5.82 Å². The molecule has 0 bridgehead atoms. The maximum absolute atomic E-state index is 13.2. The quantitative estimate of drug-likeness (QED) is 0.676. The smallest absolute Gasteiger partial charge is 0.265 e. The molecule has 0 saturated carbocycles. The lowest BCUT2D eigenvalue weighted by molar-refractivity contribution is 0.103. The Balaban J connectivity index is 1.74. The Hall–Kier alpha value is -2.55. The maximum Gasteiger partial charge on any atom is 0.265 e. The fourth-order valence-corrected chi connectivity index (χ4v) is 4.75. The fourth-order valence-electron chi connectivity index (χ4n) is 2.44. The van der Waals surface area contributed by atoms with Crippen molar-refractivity contribution in [2.24, 2.45) is 0 Å². The van der Waals surface area contributed by atoms with E-state index in [0.29, 0.717) is 5.69 Å². The first-order valence-electron chi connectivity index (χ1n) is 8.02. The number of carbonyl (C=O) groups is 1. The maximum atomic E-state index is 13.2. The molecule has 0 aliphatic carbocycles. The van der Waals surface area contributed by atoms with Crippen LogP contribution in [-0.2, 0) is 16.6 Å². The van der Waals surface area contributed by atoms with Crippen molar-refractivity contribution in [1.82, 2.24) is 4.31 Å². The first-order valence-corrected chi connectivity index (χ1v) is 10.3. The van der Waals surface area contributed by atoms with Crippen LogP contribution < -0.4 is 5.32 Å². The number of thiophene rings is 1. The Morgan fingerprint density at radius 3 is 2.56 bits per heavy atom. The minimum atomic E-state index is -3.73. The molecule has 2 aromatic carbocycles. The Kier molecular flexibility index (Phi) is 5.69. The predicted molar refractivity (Wildman–Crippen MR) is 104 cm³/mol. The first kappa shape index (κ1) is 19.2. The number of hydrogen-bond acceptors (Lipinski definition) is 4. The van der Waals surface area contributed by atoms with Crippen LogP contribution in [0, 0.1) is 5.82 Å². The Bertz CT molecular complexity index is 1050. The van der Waals surface area contributed by atoms with Crippen LogP contribution >= 0.6 is 11.3 Å². The van der Waals surface area contributed by atoms with Crippen LogP contribution in [0.15, 0.2) is 70.9 Å². The number of nitrogens with one attached hydrogen (secondary N) is 1. The molecular formula is C19H17FN2O3S2. The second-order valence-electron chi connectivity index (χ2n) is 5.86. The second-order valence-corrected chi connectivity index (χ2v) is 8.81. The van der Waals surface area contributed by atoms with E-state index in [1.165, 1.54) is 41.0 Å². The number of nitrogens with zero attached hydrogens (tertiary/aromatic N) is 1. The number of benzene rings is 2. The summed E-state index contributed by atoms with van der Waals surface area (Å²) in [6, 6.07) is 16.1. The van der Waals surface area contributed by atoms with Gasteiger partial charge in [0, 0.05) is 24.7 Å². The van der Waals surface area contributed by atoms with Crippen LogP contribution in [0.25, 0.3) is 0 Å². The van der Waals surface area contributed by atoms with Crippen molar-refractivity contribution < 1.29 is 17.6 Å². The van der Waals surface area contributed by atoms with Crippen molar-refractivity contribution in [3.05, 3.63) is 82.3 Å². The van der Waals surface area contributed by atoms with E-state index in [1.54, 1.807) is 6.07 Å². The van der Waals surface area contributed by atoms with Crippen LogP contribution in [-0.4, -0.2) is 25.7 Å². The minimum absolute atomic E-state index is 0.0512. The summed E-state index contributed by atoms with van der Waals surface area (Å²) in [4.78, 5) is 12.6. The molecule has 0 aliphatic rings. The zero-order chi connectivity index (χ0) is 19.4. The zero-order valence-electron chi connectivity index (χ0n) is 14.4. The van der Waals surface area contributed by atoms with Crippen LogP contribution in [0.1, 0.15) is 15.2 Å². The summed E-state index contributed by atoms with van der Waals surface area (Å²) in [7, 11) is -2.23. The lowest BCUT2D eigenvalue weighted by Gasteiger charge is -2.16. The lowest BCUT2D eigenvalue weighted by atomic mass is 10.2. The van der Waals surface area contributed by atoms with Crippen molar-refractivity contribution in [2.75, 3.05) is 12.4 Å². The van der Waals surface area contributed by atoms with Gasteiger partial charge in [0.2, 0.25) is 10.0 Å². The van der Waals surface area contributed by atoms with Crippen LogP contribution in [0.3, 0.4) is 0 Å². The molecule has 1 aromatic heterocycles. The molecule has 8 heteroatoms. The standard InChI is InChI=1S/C19H17FN2O3S2/c1-22(12-14-6-3-2-4-7-14)27(24,25)17-11-18(26-13-17)19(23)21-16-9-5-8-15(20)10-16/h2-11,13H,12H2,1H3,(H,21,23). The molecule has 3 aromatic rings. The summed E-state index contributed by atoms with van der Waals surface area (Å²) in [5, 5.41) is 3.98. The molecule has 0 saturated heterocycles. The van der Waals surface area contributed by atoms with Crippen molar-refractivity contribution in [2.45, 2.75) is 11.4 Å². The van der Waals surface area contributed by atoms with Gasteiger partial charge in [-0.15, -0.1) is 11.3 Å². The molecule has 27 heavy (non-hydrogen) atoms. The van der Waals surface area contributed by atoms with E-state index in [1.807, 2.05) is 30.3 Å². The average Bonchev–Trinajstić information content (AvgIpc) is 3.13. The SMILES string of the molecule is CN(Cc1ccccc1)S(=O)(=O)c1csc(C(=O)Nc2cccc(F)c2)c1. The third-order valence-electron chi connectivity index (χ3n) is 3.84. The number of halogens is 1. The lowest BCUT2D eigenvalue weighted by Crippen LogP contribution is -2.26. The van der Waals surface area contributed by atoms with E-state index in [0.717, 1.165) is 16.9 Å². The predicted octanol–water partition coefficient (Wildman–Crippen LogP) is 3.96. The highest BCUT2D eigenvalue weighted by Crippen LogP contribution is 2.24. The fraction of sp³-hybridized carbons (Fsp3) is 0.105. The van der Waals surface area contributed by atoms with Gasteiger partial charge in [0.25, 0.3) is 5.91 Å². The largest absolute Gasteiger partial charge is 0.321 e. The number of carbonyl (C=O) groups excluding carboxylic acids is 1. The van der Waals surface area contributed by atoms with Crippen LogP contribution in [0.2, 0.25) is 0 Å². The first-order chi connectivity index (χ1) is 12.9. The van der Waals surface area contributed by atoms with Crippen molar-refractivity contribution in [3.63, 3.8) is 0 Å². The molecular weight excluding hydrogens is 387 g/mol. The molecule has 0 radical (unpaired) electrons. The number of hydrogen-bond donors (Lipinski definition) is 1. The summed E-state index contributed by atoms with van der Waals surface area (Å²) in [5.41, 5.74) is 1.17. The number of sulfonamides is 1. The third kappa shape index (κ3) is 4.60. The van der Waals surface area contributed by atoms with Gasteiger partial charge in [-0.05, 0) is 29.8 Å². The van der Waals surface area contributed by atoms with Crippen LogP contribution in [0.4, 0.5) is 10.1 Å². The highest BCUT2D eigenvalue weighted by atomic mass is 32.2. The second kappa shape index (κ2) is 7.99. The number of anilines is 1. The molecule has 140 valence electrons. The molecule has 1 heterocycles. The van der Waals surface area contributed by atoms with Crippen molar-refractivity contribution >= 4 is 33.0 Å². The van der Waals surface area contributed by atoms with Gasteiger partial charge in [0.05, 0.1) is 9.77 Å². The molecule has 0 fully saturated rings. The number of amides is 1. The van der Waals surface area contributed by atoms with Gasteiger partial charge < -0.3 is 5.32 Å². The molecule has 0 aliphatic heterocycles.